The average molecular weight is 345 g/mol. The number of halogens is 2. The molecule has 21 heavy (non-hydrogen) atoms. The topological polar surface area (TPSA) is 24.9 Å². The van der Waals surface area contributed by atoms with Crippen molar-refractivity contribution in [2.75, 3.05) is 12.4 Å². The van der Waals surface area contributed by atoms with E-state index in [0.717, 1.165) is 22.5 Å². The van der Waals surface area contributed by atoms with Crippen molar-refractivity contribution in [1.82, 2.24) is 4.98 Å². The second kappa shape index (κ2) is 5.45. The van der Waals surface area contributed by atoms with E-state index in [4.69, 9.17) is 0 Å². The van der Waals surface area contributed by atoms with Crippen LogP contribution in [-0.4, -0.2) is 12.0 Å². The molecule has 0 aliphatic carbocycles. The van der Waals surface area contributed by atoms with Gasteiger partial charge in [0.25, 0.3) is 0 Å². The molecule has 0 aliphatic rings. The summed E-state index contributed by atoms with van der Waals surface area (Å²) >= 11 is 3.26. The Bertz CT molecular complexity index is 816. The first-order valence-electron chi connectivity index (χ1n) is 6.64. The van der Waals surface area contributed by atoms with Gasteiger partial charge in [0, 0.05) is 18.3 Å². The van der Waals surface area contributed by atoms with E-state index in [1.165, 1.54) is 0 Å². The molecule has 0 radical (unpaired) electrons. The lowest BCUT2D eigenvalue weighted by Crippen LogP contribution is -1.98. The molecule has 0 spiro atoms. The van der Waals surface area contributed by atoms with Crippen LogP contribution in [0, 0.1) is 12.7 Å². The highest BCUT2D eigenvalue weighted by molar-refractivity contribution is 9.10. The van der Waals surface area contributed by atoms with Crippen molar-refractivity contribution in [2.24, 2.45) is 0 Å². The molecule has 2 aromatic carbocycles. The number of hydrogen-bond acceptors (Lipinski definition) is 2. The Hall–Kier alpha value is -1.94. The van der Waals surface area contributed by atoms with Gasteiger partial charge in [-0.2, -0.15) is 0 Å². The summed E-state index contributed by atoms with van der Waals surface area (Å²) in [6, 6.07) is 13.5. The van der Waals surface area contributed by atoms with Crippen LogP contribution < -0.4 is 5.32 Å². The van der Waals surface area contributed by atoms with E-state index in [2.05, 4.69) is 26.2 Å². The van der Waals surface area contributed by atoms with Gasteiger partial charge in [-0.1, -0.05) is 30.3 Å². The first kappa shape index (κ1) is 14.0. The number of rotatable bonds is 2. The van der Waals surface area contributed by atoms with Gasteiger partial charge in [-0.05, 0) is 40.5 Å². The second-order valence-electron chi connectivity index (χ2n) is 4.88. The van der Waals surface area contributed by atoms with Gasteiger partial charge >= 0.3 is 0 Å². The Morgan fingerprint density at radius 3 is 2.52 bits per heavy atom. The minimum atomic E-state index is -0.285. The summed E-state index contributed by atoms with van der Waals surface area (Å²) in [5.41, 5.74) is 4.20. The highest BCUT2D eigenvalue weighted by Gasteiger charge is 2.15. The number of benzene rings is 2. The van der Waals surface area contributed by atoms with E-state index in [1.807, 2.05) is 43.3 Å². The van der Waals surface area contributed by atoms with Crippen molar-refractivity contribution in [3.05, 3.63) is 58.3 Å². The van der Waals surface area contributed by atoms with Gasteiger partial charge in [0.05, 0.1) is 21.1 Å². The Morgan fingerprint density at radius 1 is 1.14 bits per heavy atom. The third-order valence-corrected chi connectivity index (χ3v) is 4.08. The molecule has 3 rings (SSSR count). The number of aryl methyl sites for hydroxylation is 1. The molecule has 1 heterocycles. The smallest absolute Gasteiger partial charge is 0.148 e. The Balaban J connectivity index is 2.38. The van der Waals surface area contributed by atoms with Crippen LogP contribution in [-0.2, 0) is 0 Å². The molecule has 106 valence electrons. The fraction of sp³-hybridized carbons (Fsp3) is 0.118. The maximum atomic E-state index is 14.4. The number of hydrogen-bond donors (Lipinski definition) is 1. The first-order chi connectivity index (χ1) is 10.1. The van der Waals surface area contributed by atoms with Crippen molar-refractivity contribution < 1.29 is 4.39 Å². The zero-order chi connectivity index (χ0) is 15.0. The maximum Gasteiger partial charge on any atom is 0.148 e. The van der Waals surface area contributed by atoms with E-state index in [-0.39, 0.29) is 5.82 Å². The lowest BCUT2D eigenvalue weighted by atomic mass is 10.0. The van der Waals surface area contributed by atoms with Gasteiger partial charge in [0.15, 0.2) is 0 Å². The number of pyridine rings is 1. The van der Waals surface area contributed by atoms with Crippen LogP contribution in [0.2, 0.25) is 0 Å². The SMILES string of the molecule is CNc1cc(-c2ccccc2)nc2c(C)cc(Br)c(F)c12. The number of nitrogens with one attached hydrogen (secondary N) is 1. The molecular weight excluding hydrogens is 331 g/mol. The summed E-state index contributed by atoms with van der Waals surface area (Å²) in [7, 11) is 1.79. The number of nitrogens with zero attached hydrogens (tertiary/aromatic N) is 1. The third-order valence-electron chi connectivity index (χ3n) is 3.50. The molecule has 0 saturated heterocycles. The summed E-state index contributed by atoms with van der Waals surface area (Å²) in [6.45, 7) is 1.94. The van der Waals surface area contributed by atoms with E-state index >= 15 is 0 Å². The molecule has 0 aliphatic heterocycles. The van der Waals surface area contributed by atoms with E-state index in [9.17, 15) is 4.39 Å². The van der Waals surface area contributed by atoms with Crippen molar-refractivity contribution in [1.29, 1.82) is 0 Å². The van der Waals surface area contributed by atoms with Gasteiger partial charge in [-0.3, -0.25) is 0 Å². The van der Waals surface area contributed by atoms with Crippen LogP contribution in [0.1, 0.15) is 5.56 Å². The molecule has 4 heteroatoms. The monoisotopic (exact) mass is 344 g/mol. The van der Waals surface area contributed by atoms with Gasteiger partial charge in [0.2, 0.25) is 0 Å². The van der Waals surface area contributed by atoms with Gasteiger partial charge in [0.1, 0.15) is 5.82 Å². The summed E-state index contributed by atoms with van der Waals surface area (Å²) in [5.74, 6) is -0.285. The molecule has 1 aromatic heterocycles. The zero-order valence-corrected chi connectivity index (χ0v) is 13.3. The minimum absolute atomic E-state index is 0.285. The van der Waals surface area contributed by atoms with Crippen molar-refractivity contribution in [3.63, 3.8) is 0 Å². The second-order valence-corrected chi connectivity index (χ2v) is 5.74. The number of fused-ring (bicyclic) bond motifs is 1. The lowest BCUT2D eigenvalue weighted by molar-refractivity contribution is 0.633. The molecule has 0 saturated carbocycles. The quantitative estimate of drug-likeness (QED) is 0.694. The Morgan fingerprint density at radius 2 is 1.86 bits per heavy atom. The Labute approximate surface area is 131 Å². The molecule has 2 nitrogen and oxygen atoms in total. The van der Waals surface area contributed by atoms with Crippen molar-refractivity contribution in [3.8, 4) is 11.3 Å². The molecule has 0 unspecified atom stereocenters. The van der Waals surface area contributed by atoms with Crippen LogP contribution in [0.4, 0.5) is 10.1 Å². The van der Waals surface area contributed by atoms with Crippen LogP contribution in [0.3, 0.4) is 0 Å². The van der Waals surface area contributed by atoms with Crippen LogP contribution in [0.15, 0.2) is 46.9 Å². The van der Waals surface area contributed by atoms with Crippen LogP contribution in [0.5, 0.6) is 0 Å². The predicted octanol–water partition coefficient (Wildman–Crippen LogP) is 5.15. The summed E-state index contributed by atoms with van der Waals surface area (Å²) < 4.78 is 14.9. The van der Waals surface area contributed by atoms with Gasteiger partial charge in [-0.15, -0.1) is 0 Å². The van der Waals surface area contributed by atoms with E-state index < -0.39 is 0 Å². The molecule has 1 N–H and O–H groups in total. The summed E-state index contributed by atoms with van der Waals surface area (Å²) in [4.78, 5) is 4.65. The zero-order valence-electron chi connectivity index (χ0n) is 11.7. The third kappa shape index (κ3) is 2.40. The van der Waals surface area contributed by atoms with Gasteiger partial charge < -0.3 is 5.32 Å². The maximum absolute atomic E-state index is 14.4. The fourth-order valence-corrected chi connectivity index (χ4v) is 2.99. The largest absolute Gasteiger partial charge is 0.387 e. The lowest BCUT2D eigenvalue weighted by Gasteiger charge is -2.13. The van der Waals surface area contributed by atoms with Crippen LogP contribution >= 0.6 is 15.9 Å². The highest BCUT2D eigenvalue weighted by Crippen LogP contribution is 2.34. The minimum Gasteiger partial charge on any atom is -0.387 e. The molecule has 0 bridgehead atoms. The molecule has 3 aromatic rings. The average Bonchev–Trinajstić information content (AvgIpc) is 2.52. The van der Waals surface area contributed by atoms with E-state index in [1.54, 1.807) is 13.1 Å². The van der Waals surface area contributed by atoms with Crippen molar-refractivity contribution in [2.45, 2.75) is 6.92 Å². The fourth-order valence-electron chi connectivity index (χ4n) is 2.45. The number of anilines is 1. The Kier molecular flexibility index (Phi) is 3.64. The molecular formula is C17H14BrFN2. The van der Waals surface area contributed by atoms with E-state index in [0.29, 0.717) is 15.4 Å². The summed E-state index contributed by atoms with van der Waals surface area (Å²) in [6.07, 6.45) is 0. The first-order valence-corrected chi connectivity index (χ1v) is 7.43. The number of aromatic nitrogens is 1. The predicted molar refractivity (Wildman–Crippen MR) is 89.1 cm³/mol. The highest BCUT2D eigenvalue weighted by atomic mass is 79.9. The van der Waals surface area contributed by atoms with Crippen LogP contribution in [0.25, 0.3) is 22.2 Å². The molecule has 0 fully saturated rings. The van der Waals surface area contributed by atoms with Gasteiger partial charge in [-0.25, -0.2) is 9.37 Å². The molecule has 0 amide bonds. The molecule has 0 atom stereocenters. The normalized spacial score (nSPS) is 10.9. The van der Waals surface area contributed by atoms with Crippen molar-refractivity contribution >= 4 is 32.5 Å². The standard InChI is InChI=1S/C17H14BrFN2/c1-10-8-12(18)16(19)15-14(20-2)9-13(21-17(10)15)11-6-4-3-5-7-11/h3-9H,1-2H3,(H,20,21). The summed E-state index contributed by atoms with van der Waals surface area (Å²) in [5, 5.41) is 3.59.